The quantitative estimate of drug-likeness (QED) is 0.667. The van der Waals surface area contributed by atoms with Gasteiger partial charge in [-0.15, -0.1) is 0 Å². The van der Waals surface area contributed by atoms with Crippen molar-refractivity contribution in [3.8, 4) is 0 Å². The molecule has 3 N–H and O–H groups in total. The predicted octanol–water partition coefficient (Wildman–Crippen LogP) is 1.70. The molecule has 0 saturated heterocycles. The summed E-state index contributed by atoms with van der Waals surface area (Å²) in [5, 5.41) is 30.5. The van der Waals surface area contributed by atoms with Gasteiger partial charge in [0.2, 0.25) is 0 Å². The Morgan fingerprint density at radius 2 is 1.72 bits per heavy atom. The minimum absolute atomic E-state index is 0.0465. The van der Waals surface area contributed by atoms with Crippen molar-refractivity contribution in [2.45, 2.75) is 64.6 Å². The van der Waals surface area contributed by atoms with Crippen LogP contribution < -0.4 is 0 Å². The Labute approximate surface area is 109 Å². The zero-order valence-corrected chi connectivity index (χ0v) is 11.7. The molecule has 3 aliphatic carbocycles. The molecule has 18 heavy (non-hydrogen) atoms. The Morgan fingerprint density at radius 1 is 1.06 bits per heavy atom. The predicted molar refractivity (Wildman–Crippen MR) is 68.9 cm³/mol. The molecule has 0 aromatic rings. The standard InChI is InChI=1S/C15H26O3/c1-12-4-5-15(18,9-16)11(8-12)13(2)6-10(17)7-14(12,13)3/h10-11,16-18H,4-9H2,1-3H3/t10-,11+,12-,13+,14-,15-/m1/s1. The number of hydrogen-bond donors (Lipinski definition) is 3. The molecule has 3 heteroatoms. The molecule has 3 rings (SSSR count). The van der Waals surface area contributed by atoms with E-state index >= 15 is 0 Å². The maximum Gasteiger partial charge on any atom is 0.0911 e. The van der Waals surface area contributed by atoms with Crippen LogP contribution in [-0.2, 0) is 0 Å². The molecule has 104 valence electrons. The van der Waals surface area contributed by atoms with E-state index in [1.807, 2.05) is 0 Å². The van der Waals surface area contributed by atoms with Crippen LogP contribution in [0.2, 0.25) is 0 Å². The molecule has 0 aromatic carbocycles. The van der Waals surface area contributed by atoms with E-state index in [4.69, 9.17) is 0 Å². The van der Waals surface area contributed by atoms with Gasteiger partial charge in [-0.05, 0) is 54.3 Å². The van der Waals surface area contributed by atoms with Crippen molar-refractivity contribution in [1.29, 1.82) is 0 Å². The fraction of sp³-hybridized carbons (Fsp3) is 1.00. The second kappa shape index (κ2) is 3.31. The van der Waals surface area contributed by atoms with E-state index in [0.717, 1.165) is 25.7 Å². The van der Waals surface area contributed by atoms with Gasteiger partial charge in [-0.3, -0.25) is 0 Å². The van der Waals surface area contributed by atoms with Crippen LogP contribution in [0.1, 0.15) is 52.9 Å². The van der Waals surface area contributed by atoms with Gasteiger partial charge in [0.05, 0.1) is 18.3 Å². The highest BCUT2D eigenvalue weighted by molar-refractivity contribution is 5.22. The van der Waals surface area contributed by atoms with Gasteiger partial charge in [-0.25, -0.2) is 0 Å². The summed E-state index contributed by atoms with van der Waals surface area (Å²) in [7, 11) is 0. The van der Waals surface area contributed by atoms with E-state index in [0.29, 0.717) is 6.42 Å². The molecule has 3 aliphatic rings. The third-order valence-corrected chi connectivity index (χ3v) is 7.35. The molecule has 3 saturated carbocycles. The minimum atomic E-state index is -0.934. The lowest BCUT2D eigenvalue weighted by Crippen LogP contribution is -2.49. The highest BCUT2D eigenvalue weighted by Gasteiger charge is 2.73. The molecular formula is C15H26O3. The fourth-order valence-electron chi connectivity index (χ4n) is 5.87. The average Bonchev–Trinajstić information content (AvgIpc) is 2.61. The van der Waals surface area contributed by atoms with Crippen molar-refractivity contribution in [2.24, 2.45) is 22.2 Å². The highest BCUT2D eigenvalue weighted by atomic mass is 16.3. The molecule has 0 unspecified atom stereocenters. The number of aliphatic hydroxyl groups excluding tert-OH is 2. The van der Waals surface area contributed by atoms with Crippen LogP contribution in [0.15, 0.2) is 0 Å². The van der Waals surface area contributed by atoms with Crippen LogP contribution in [0, 0.1) is 22.2 Å². The molecule has 3 nitrogen and oxygen atoms in total. The van der Waals surface area contributed by atoms with Crippen LogP contribution in [-0.4, -0.2) is 33.6 Å². The lowest BCUT2D eigenvalue weighted by molar-refractivity contribution is -0.116. The normalized spacial score (nSPS) is 63.0. The molecular weight excluding hydrogens is 228 g/mol. The van der Waals surface area contributed by atoms with E-state index < -0.39 is 5.60 Å². The van der Waals surface area contributed by atoms with Gasteiger partial charge < -0.3 is 15.3 Å². The van der Waals surface area contributed by atoms with Crippen LogP contribution >= 0.6 is 0 Å². The Bertz CT molecular complexity index is 384. The van der Waals surface area contributed by atoms with Crippen molar-refractivity contribution in [3.05, 3.63) is 0 Å². The summed E-state index contributed by atoms with van der Waals surface area (Å²) in [4.78, 5) is 0. The van der Waals surface area contributed by atoms with Crippen molar-refractivity contribution < 1.29 is 15.3 Å². The molecule has 0 aliphatic heterocycles. The molecule has 0 heterocycles. The largest absolute Gasteiger partial charge is 0.393 e. The number of rotatable bonds is 1. The van der Waals surface area contributed by atoms with Crippen molar-refractivity contribution in [2.75, 3.05) is 6.61 Å². The fourth-order valence-corrected chi connectivity index (χ4v) is 5.87. The average molecular weight is 254 g/mol. The van der Waals surface area contributed by atoms with Gasteiger partial charge in [0, 0.05) is 0 Å². The van der Waals surface area contributed by atoms with E-state index in [-0.39, 0.29) is 34.9 Å². The lowest BCUT2D eigenvalue weighted by atomic mass is 9.59. The van der Waals surface area contributed by atoms with Gasteiger partial charge in [0.25, 0.3) is 0 Å². The third kappa shape index (κ3) is 1.17. The SMILES string of the molecule is C[C@@]12CC[C@@](O)(CO)[C@@H](C1)[C@]1(C)C[C@@H](O)C[C@]21C. The summed E-state index contributed by atoms with van der Waals surface area (Å²) >= 11 is 0. The topological polar surface area (TPSA) is 60.7 Å². The molecule has 0 aromatic heterocycles. The van der Waals surface area contributed by atoms with Crippen molar-refractivity contribution in [1.82, 2.24) is 0 Å². The van der Waals surface area contributed by atoms with Gasteiger partial charge in [-0.1, -0.05) is 20.8 Å². The molecule has 6 atom stereocenters. The first-order valence-electron chi connectivity index (χ1n) is 7.22. The smallest absolute Gasteiger partial charge is 0.0911 e. The molecule has 0 spiro atoms. The molecule has 0 radical (unpaired) electrons. The van der Waals surface area contributed by atoms with Gasteiger partial charge >= 0.3 is 0 Å². The second-order valence-corrected chi connectivity index (χ2v) is 7.89. The molecule has 2 bridgehead atoms. The molecule has 0 amide bonds. The third-order valence-electron chi connectivity index (χ3n) is 7.35. The maximum atomic E-state index is 10.8. The summed E-state index contributed by atoms with van der Waals surface area (Å²) in [6, 6.07) is 0. The van der Waals surface area contributed by atoms with Crippen molar-refractivity contribution >= 4 is 0 Å². The zero-order valence-electron chi connectivity index (χ0n) is 11.7. The van der Waals surface area contributed by atoms with Crippen LogP contribution in [0.4, 0.5) is 0 Å². The van der Waals surface area contributed by atoms with Crippen molar-refractivity contribution in [3.63, 3.8) is 0 Å². The van der Waals surface area contributed by atoms with E-state index in [9.17, 15) is 15.3 Å². The van der Waals surface area contributed by atoms with Crippen LogP contribution in [0.5, 0.6) is 0 Å². The van der Waals surface area contributed by atoms with Gasteiger partial charge in [0.15, 0.2) is 0 Å². The molecule has 3 fully saturated rings. The summed E-state index contributed by atoms with van der Waals surface area (Å²) in [5.74, 6) is 0.121. The summed E-state index contributed by atoms with van der Waals surface area (Å²) in [6.45, 7) is 6.70. The lowest BCUT2D eigenvalue weighted by Gasteiger charge is -2.45. The van der Waals surface area contributed by atoms with E-state index in [2.05, 4.69) is 20.8 Å². The Kier molecular flexibility index (Phi) is 2.37. The summed E-state index contributed by atoms with van der Waals surface area (Å²) < 4.78 is 0. The first-order chi connectivity index (χ1) is 8.21. The minimum Gasteiger partial charge on any atom is -0.393 e. The Balaban J connectivity index is 2.12. The van der Waals surface area contributed by atoms with Gasteiger partial charge in [-0.2, -0.15) is 0 Å². The monoisotopic (exact) mass is 254 g/mol. The van der Waals surface area contributed by atoms with Crippen LogP contribution in [0.3, 0.4) is 0 Å². The maximum absolute atomic E-state index is 10.8. The Morgan fingerprint density at radius 3 is 2.33 bits per heavy atom. The van der Waals surface area contributed by atoms with E-state index in [1.54, 1.807) is 0 Å². The highest BCUT2D eigenvalue weighted by Crippen LogP contribution is 2.77. The first-order valence-corrected chi connectivity index (χ1v) is 7.22. The first kappa shape index (κ1) is 12.9. The number of aliphatic hydroxyl groups is 3. The zero-order chi connectivity index (χ0) is 13.4. The summed E-state index contributed by atoms with van der Waals surface area (Å²) in [5.41, 5.74) is -0.694. The number of fused-ring (bicyclic) bond motifs is 5. The van der Waals surface area contributed by atoms with Gasteiger partial charge in [0.1, 0.15) is 0 Å². The van der Waals surface area contributed by atoms with E-state index in [1.165, 1.54) is 0 Å². The number of hydrogen-bond acceptors (Lipinski definition) is 3. The Hall–Kier alpha value is -0.120. The van der Waals surface area contributed by atoms with Crippen LogP contribution in [0.25, 0.3) is 0 Å². The summed E-state index contributed by atoms with van der Waals surface area (Å²) in [6.07, 6.45) is 4.02. The second-order valence-electron chi connectivity index (χ2n) is 7.89.